The molecule has 78 valence electrons. The summed E-state index contributed by atoms with van der Waals surface area (Å²) in [6, 6.07) is 0.0544. The zero-order valence-corrected chi connectivity index (χ0v) is 7.99. The second-order valence-electron chi connectivity index (χ2n) is 2.89. The van der Waals surface area contributed by atoms with Crippen LogP contribution in [0.15, 0.2) is 0 Å². The standard InChI is InChI=1S/C8H17NO4/c1-3-6(2)9-8(12)13-5-7(11)4-10/h6-7,10-11H,3-5H2,1-2H3,(H,9,12). The van der Waals surface area contributed by atoms with Crippen LogP contribution in [-0.4, -0.2) is 41.7 Å². The number of rotatable bonds is 5. The Hall–Kier alpha value is -0.810. The van der Waals surface area contributed by atoms with E-state index in [1.165, 1.54) is 0 Å². The lowest BCUT2D eigenvalue weighted by atomic mass is 10.3. The van der Waals surface area contributed by atoms with Gasteiger partial charge in [0.15, 0.2) is 0 Å². The Labute approximate surface area is 77.7 Å². The van der Waals surface area contributed by atoms with Crippen LogP contribution in [0.1, 0.15) is 20.3 Å². The van der Waals surface area contributed by atoms with Gasteiger partial charge in [-0.05, 0) is 13.3 Å². The molecule has 2 unspecified atom stereocenters. The molecule has 0 saturated carbocycles. The van der Waals surface area contributed by atoms with E-state index in [-0.39, 0.29) is 12.6 Å². The average molecular weight is 191 g/mol. The third-order valence-electron chi connectivity index (χ3n) is 1.59. The smallest absolute Gasteiger partial charge is 0.407 e. The van der Waals surface area contributed by atoms with Crippen molar-refractivity contribution in [1.29, 1.82) is 0 Å². The van der Waals surface area contributed by atoms with Gasteiger partial charge in [-0.3, -0.25) is 0 Å². The van der Waals surface area contributed by atoms with Crippen LogP contribution in [0, 0.1) is 0 Å². The Balaban J connectivity index is 3.51. The van der Waals surface area contributed by atoms with E-state index in [9.17, 15) is 4.79 Å². The topological polar surface area (TPSA) is 78.8 Å². The zero-order valence-electron chi connectivity index (χ0n) is 7.99. The van der Waals surface area contributed by atoms with E-state index in [2.05, 4.69) is 10.1 Å². The van der Waals surface area contributed by atoms with Gasteiger partial charge >= 0.3 is 6.09 Å². The molecule has 0 aliphatic heterocycles. The number of carbonyl (C=O) groups excluding carboxylic acids is 1. The number of hydrogen-bond acceptors (Lipinski definition) is 4. The second kappa shape index (κ2) is 6.68. The molecule has 0 aromatic heterocycles. The van der Waals surface area contributed by atoms with Gasteiger partial charge in [-0.25, -0.2) is 4.79 Å². The molecule has 0 radical (unpaired) electrons. The number of nitrogens with one attached hydrogen (secondary N) is 1. The summed E-state index contributed by atoms with van der Waals surface area (Å²) in [7, 11) is 0. The van der Waals surface area contributed by atoms with Crippen molar-refractivity contribution in [3.05, 3.63) is 0 Å². The molecule has 0 aliphatic carbocycles. The molecule has 0 rings (SSSR count). The largest absolute Gasteiger partial charge is 0.447 e. The summed E-state index contributed by atoms with van der Waals surface area (Å²) in [5.41, 5.74) is 0. The monoisotopic (exact) mass is 191 g/mol. The van der Waals surface area contributed by atoms with Gasteiger partial charge in [0.1, 0.15) is 12.7 Å². The molecular formula is C8H17NO4. The zero-order chi connectivity index (χ0) is 10.3. The summed E-state index contributed by atoms with van der Waals surface area (Å²) >= 11 is 0. The van der Waals surface area contributed by atoms with Crippen LogP contribution in [0.3, 0.4) is 0 Å². The van der Waals surface area contributed by atoms with E-state index in [0.717, 1.165) is 6.42 Å². The first-order valence-corrected chi connectivity index (χ1v) is 4.32. The van der Waals surface area contributed by atoms with Gasteiger partial charge < -0.3 is 20.3 Å². The van der Waals surface area contributed by atoms with Crippen LogP contribution in [0.5, 0.6) is 0 Å². The maximum absolute atomic E-state index is 10.9. The van der Waals surface area contributed by atoms with Gasteiger partial charge in [-0.15, -0.1) is 0 Å². The Morgan fingerprint density at radius 1 is 1.62 bits per heavy atom. The highest BCUT2D eigenvalue weighted by molar-refractivity contribution is 5.67. The third-order valence-corrected chi connectivity index (χ3v) is 1.59. The fourth-order valence-corrected chi connectivity index (χ4v) is 0.569. The maximum Gasteiger partial charge on any atom is 0.407 e. The summed E-state index contributed by atoms with van der Waals surface area (Å²) in [5.74, 6) is 0. The third kappa shape index (κ3) is 6.36. The summed E-state index contributed by atoms with van der Waals surface area (Å²) in [6.45, 7) is 3.20. The summed E-state index contributed by atoms with van der Waals surface area (Å²) in [5, 5.41) is 19.8. The molecule has 3 N–H and O–H groups in total. The predicted molar refractivity (Wildman–Crippen MR) is 47.3 cm³/mol. The van der Waals surface area contributed by atoms with Gasteiger partial charge in [-0.1, -0.05) is 6.92 Å². The number of aliphatic hydroxyl groups excluding tert-OH is 2. The first-order valence-electron chi connectivity index (χ1n) is 4.32. The van der Waals surface area contributed by atoms with Gasteiger partial charge in [0.25, 0.3) is 0 Å². The minimum Gasteiger partial charge on any atom is -0.447 e. The van der Waals surface area contributed by atoms with Crippen LogP contribution in [0.2, 0.25) is 0 Å². The molecule has 0 heterocycles. The molecule has 0 aromatic rings. The maximum atomic E-state index is 10.9. The van der Waals surface area contributed by atoms with Crippen molar-refractivity contribution >= 4 is 6.09 Å². The molecule has 5 nitrogen and oxygen atoms in total. The predicted octanol–water partition coefficient (Wildman–Crippen LogP) is -0.136. The average Bonchev–Trinajstić information content (AvgIpc) is 2.13. The van der Waals surface area contributed by atoms with Gasteiger partial charge in [0.05, 0.1) is 6.61 Å². The summed E-state index contributed by atoms with van der Waals surface area (Å²) in [6.07, 6.45) is -0.748. The van der Waals surface area contributed by atoms with Crippen molar-refractivity contribution in [3.8, 4) is 0 Å². The Morgan fingerprint density at radius 3 is 2.69 bits per heavy atom. The quantitative estimate of drug-likeness (QED) is 0.565. The van der Waals surface area contributed by atoms with E-state index in [0.29, 0.717) is 0 Å². The molecule has 2 atom stereocenters. The van der Waals surface area contributed by atoms with Crippen LogP contribution >= 0.6 is 0 Å². The molecule has 0 fully saturated rings. The van der Waals surface area contributed by atoms with Crippen molar-refractivity contribution in [2.45, 2.75) is 32.4 Å². The van der Waals surface area contributed by atoms with Crippen LogP contribution < -0.4 is 5.32 Å². The number of alkyl carbamates (subject to hydrolysis) is 1. The van der Waals surface area contributed by atoms with E-state index in [4.69, 9.17) is 10.2 Å². The Morgan fingerprint density at radius 2 is 2.23 bits per heavy atom. The van der Waals surface area contributed by atoms with Crippen molar-refractivity contribution in [2.24, 2.45) is 0 Å². The Kier molecular flexibility index (Phi) is 6.26. The van der Waals surface area contributed by atoms with Crippen LogP contribution in [0.4, 0.5) is 4.79 Å². The van der Waals surface area contributed by atoms with Crippen LogP contribution in [0.25, 0.3) is 0 Å². The van der Waals surface area contributed by atoms with E-state index < -0.39 is 18.8 Å². The van der Waals surface area contributed by atoms with Crippen molar-refractivity contribution in [3.63, 3.8) is 0 Å². The SMILES string of the molecule is CCC(C)NC(=O)OCC(O)CO. The van der Waals surface area contributed by atoms with Crippen molar-refractivity contribution < 1.29 is 19.7 Å². The molecule has 1 amide bonds. The first kappa shape index (κ1) is 12.2. The fourth-order valence-electron chi connectivity index (χ4n) is 0.569. The first-order chi connectivity index (χ1) is 6.10. The molecule has 0 spiro atoms. The van der Waals surface area contributed by atoms with E-state index in [1.807, 2.05) is 13.8 Å². The molecule has 0 bridgehead atoms. The molecule has 5 heteroatoms. The number of amides is 1. The second-order valence-corrected chi connectivity index (χ2v) is 2.89. The Bertz CT molecular complexity index is 151. The minimum atomic E-state index is -0.998. The van der Waals surface area contributed by atoms with Gasteiger partial charge in [0, 0.05) is 6.04 Å². The summed E-state index contributed by atoms with van der Waals surface area (Å²) < 4.78 is 4.61. The normalized spacial score (nSPS) is 14.8. The minimum absolute atomic E-state index is 0.0544. The van der Waals surface area contributed by atoms with Crippen molar-refractivity contribution in [1.82, 2.24) is 5.32 Å². The van der Waals surface area contributed by atoms with Gasteiger partial charge in [0.2, 0.25) is 0 Å². The number of aliphatic hydroxyl groups is 2. The molecule has 0 aromatic carbocycles. The highest BCUT2D eigenvalue weighted by Crippen LogP contribution is 1.90. The van der Waals surface area contributed by atoms with Crippen molar-refractivity contribution in [2.75, 3.05) is 13.2 Å². The molecule has 0 saturated heterocycles. The van der Waals surface area contributed by atoms with Gasteiger partial charge in [-0.2, -0.15) is 0 Å². The van der Waals surface area contributed by atoms with Crippen LogP contribution in [-0.2, 0) is 4.74 Å². The lowest BCUT2D eigenvalue weighted by Gasteiger charge is -2.13. The molecule has 13 heavy (non-hydrogen) atoms. The number of hydrogen-bond donors (Lipinski definition) is 3. The number of ether oxygens (including phenoxy) is 1. The highest BCUT2D eigenvalue weighted by atomic mass is 16.6. The molecular weight excluding hydrogens is 174 g/mol. The lowest BCUT2D eigenvalue weighted by molar-refractivity contribution is 0.0314. The van der Waals surface area contributed by atoms with E-state index >= 15 is 0 Å². The highest BCUT2D eigenvalue weighted by Gasteiger charge is 2.08. The van der Waals surface area contributed by atoms with E-state index in [1.54, 1.807) is 0 Å². The number of carbonyl (C=O) groups is 1. The summed E-state index contributed by atoms with van der Waals surface area (Å²) in [4.78, 5) is 10.9. The lowest BCUT2D eigenvalue weighted by Crippen LogP contribution is -2.34. The fraction of sp³-hybridized carbons (Fsp3) is 0.875. The molecule has 0 aliphatic rings.